The molecular weight excluding hydrogens is 304 g/mol. The van der Waals surface area contributed by atoms with Crippen molar-refractivity contribution in [3.05, 3.63) is 29.8 Å². The fourth-order valence-corrected chi connectivity index (χ4v) is 3.56. The van der Waals surface area contributed by atoms with Gasteiger partial charge in [-0.05, 0) is 25.5 Å². The first kappa shape index (κ1) is 16.8. The number of hydrogen-bond acceptors (Lipinski definition) is 3. The average molecular weight is 330 g/mol. The highest BCUT2D eigenvalue weighted by molar-refractivity contribution is 5.89. The molecule has 1 atom stereocenters. The summed E-state index contributed by atoms with van der Waals surface area (Å²) in [5, 5.41) is 0. The van der Waals surface area contributed by atoms with Gasteiger partial charge in [0, 0.05) is 45.4 Å². The summed E-state index contributed by atoms with van der Waals surface area (Å²) in [6, 6.07) is 8.03. The SMILES string of the molecule is CCN1CC(C(=O)N2CCC(Oc3ccccc3C)CC2)CC1=O. The highest BCUT2D eigenvalue weighted by Gasteiger charge is 2.36. The Balaban J connectivity index is 1.51. The average Bonchev–Trinajstić information content (AvgIpc) is 2.98. The number of para-hydroxylation sites is 1. The van der Waals surface area contributed by atoms with Crippen molar-refractivity contribution in [1.29, 1.82) is 0 Å². The van der Waals surface area contributed by atoms with Crippen LogP contribution in [0.3, 0.4) is 0 Å². The molecule has 1 aromatic carbocycles. The van der Waals surface area contributed by atoms with E-state index in [4.69, 9.17) is 4.74 Å². The second-order valence-electron chi connectivity index (χ2n) is 6.74. The number of ether oxygens (including phenoxy) is 1. The fraction of sp³-hybridized carbons (Fsp3) is 0.579. The minimum absolute atomic E-state index is 0.105. The maximum atomic E-state index is 12.6. The van der Waals surface area contributed by atoms with E-state index in [-0.39, 0.29) is 23.8 Å². The molecule has 2 fully saturated rings. The zero-order chi connectivity index (χ0) is 17.1. The van der Waals surface area contributed by atoms with E-state index in [9.17, 15) is 9.59 Å². The summed E-state index contributed by atoms with van der Waals surface area (Å²) < 4.78 is 6.09. The number of benzene rings is 1. The zero-order valence-electron chi connectivity index (χ0n) is 14.5. The third kappa shape index (κ3) is 3.55. The fourth-order valence-electron chi connectivity index (χ4n) is 3.56. The van der Waals surface area contributed by atoms with E-state index in [1.165, 1.54) is 0 Å². The summed E-state index contributed by atoms with van der Waals surface area (Å²) >= 11 is 0. The number of hydrogen-bond donors (Lipinski definition) is 0. The van der Waals surface area contributed by atoms with Crippen molar-refractivity contribution in [1.82, 2.24) is 9.80 Å². The molecule has 5 nitrogen and oxygen atoms in total. The van der Waals surface area contributed by atoms with Crippen LogP contribution in [0.1, 0.15) is 31.7 Å². The van der Waals surface area contributed by atoms with Crippen LogP contribution < -0.4 is 4.74 Å². The Morgan fingerprint density at radius 2 is 1.96 bits per heavy atom. The van der Waals surface area contributed by atoms with Crippen LogP contribution in [0.2, 0.25) is 0 Å². The predicted octanol–water partition coefficient (Wildman–Crippen LogP) is 2.23. The van der Waals surface area contributed by atoms with E-state index in [0.717, 1.165) is 24.2 Å². The first-order chi connectivity index (χ1) is 11.6. The van der Waals surface area contributed by atoms with Crippen molar-refractivity contribution in [2.45, 2.75) is 39.2 Å². The molecule has 0 bridgehead atoms. The summed E-state index contributed by atoms with van der Waals surface area (Å²) in [5.74, 6) is 1.01. The molecule has 0 aliphatic carbocycles. The van der Waals surface area contributed by atoms with E-state index < -0.39 is 0 Å². The maximum Gasteiger partial charge on any atom is 0.227 e. The molecule has 0 saturated carbocycles. The van der Waals surface area contributed by atoms with Crippen molar-refractivity contribution in [2.75, 3.05) is 26.2 Å². The molecule has 2 amide bonds. The third-order valence-electron chi connectivity index (χ3n) is 5.09. The Bertz CT molecular complexity index is 608. The van der Waals surface area contributed by atoms with Crippen molar-refractivity contribution in [3.63, 3.8) is 0 Å². The molecule has 2 aliphatic rings. The van der Waals surface area contributed by atoms with Crippen LogP contribution in [0.25, 0.3) is 0 Å². The molecule has 0 spiro atoms. The number of rotatable bonds is 4. The Kier molecular flexibility index (Phi) is 5.07. The van der Waals surface area contributed by atoms with Crippen LogP contribution in [0.4, 0.5) is 0 Å². The highest BCUT2D eigenvalue weighted by Crippen LogP contribution is 2.25. The minimum Gasteiger partial charge on any atom is -0.490 e. The summed E-state index contributed by atoms with van der Waals surface area (Å²) in [5.41, 5.74) is 1.14. The number of amides is 2. The zero-order valence-corrected chi connectivity index (χ0v) is 14.5. The van der Waals surface area contributed by atoms with Gasteiger partial charge in [0.05, 0.1) is 5.92 Å². The lowest BCUT2D eigenvalue weighted by Gasteiger charge is -2.33. The molecule has 3 rings (SSSR count). The second-order valence-corrected chi connectivity index (χ2v) is 6.74. The molecule has 5 heteroatoms. The van der Waals surface area contributed by atoms with Gasteiger partial charge in [0.25, 0.3) is 0 Å². The molecule has 0 aromatic heterocycles. The molecule has 24 heavy (non-hydrogen) atoms. The summed E-state index contributed by atoms with van der Waals surface area (Å²) in [6.45, 7) is 6.70. The largest absolute Gasteiger partial charge is 0.490 e. The normalized spacial score (nSPS) is 22.1. The smallest absolute Gasteiger partial charge is 0.227 e. The van der Waals surface area contributed by atoms with Crippen LogP contribution in [-0.4, -0.2) is 53.9 Å². The van der Waals surface area contributed by atoms with Gasteiger partial charge < -0.3 is 14.5 Å². The Hall–Kier alpha value is -2.04. The molecule has 0 radical (unpaired) electrons. The van der Waals surface area contributed by atoms with Crippen LogP contribution in [0.15, 0.2) is 24.3 Å². The predicted molar refractivity (Wildman–Crippen MR) is 91.8 cm³/mol. The van der Waals surface area contributed by atoms with Gasteiger partial charge in [-0.1, -0.05) is 18.2 Å². The summed E-state index contributed by atoms with van der Waals surface area (Å²) in [4.78, 5) is 28.1. The lowest BCUT2D eigenvalue weighted by molar-refractivity contribution is -0.137. The molecule has 2 aliphatic heterocycles. The number of likely N-dealkylation sites (tertiary alicyclic amines) is 2. The lowest BCUT2D eigenvalue weighted by Crippen LogP contribution is -2.44. The number of carbonyl (C=O) groups excluding carboxylic acids is 2. The number of nitrogens with zero attached hydrogens (tertiary/aromatic N) is 2. The number of carbonyl (C=O) groups is 2. The third-order valence-corrected chi connectivity index (χ3v) is 5.09. The van der Waals surface area contributed by atoms with Crippen molar-refractivity contribution >= 4 is 11.8 Å². The van der Waals surface area contributed by atoms with E-state index in [0.29, 0.717) is 32.6 Å². The van der Waals surface area contributed by atoms with Crippen LogP contribution >= 0.6 is 0 Å². The van der Waals surface area contributed by atoms with Crippen LogP contribution in [0.5, 0.6) is 5.75 Å². The first-order valence-electron chi connectivity index (χ1n) is 8.87. The molecule has 0 N–H and O–H groups in total. The molecule has 2 heterocycles. The van der Waals surface area contributed by atoms with Gasteiger partial charge in [-0.3, -0.25) is 9.59 Å². The Morgan fingerprint density at radius 1 is 1.25 bits per heavy atom. The van der Waals surface area contributed by atoms with Gasteiger partial charge in [-0.25, -0.2) is 0 Å². The standard InChI is InChI=1S/C19H26N2O3/c1-3-20-13-15(12-18(20)22)19(23)21-10-8-16(9-11-21)24-17-7-5-4-6-14(17)2/h4-7,15-16H,3,8-13H2,1-2H3. The van der Waals surface area contributed by atoms with Crippen molar-refractivity contribution < 1.29 is 14.3 Å². The van der Waals surface area contributed by atoms with E-state index in [1.54, 1.807) is 4.90 Å². The van der Waals surface area contributed by atoms with Gasteiger partial charge in [0.15, 0.2) is 0 Å². The van der Waals surface area contributed by atoms with E-state index in [1.807, 2.05) is 43.0 Å². The molecule has 2 saturated heterocycles. The highest BCUT2D eigenvalue weighted by atomic mass is 16.5. The van der Waals surface area contributed by atoms with Gasteiger partial charge in [-0.2, -0.15) is 0 Å². The number of aryl methyl sites for hydroxylation is 1. The molecule has 130 valence electrons. The topological polar surface area (TPSA) is 49.9 Å². The van der Waals surface area contributed by atoms with E-state index in [2.05, 4.69) is 0 Å². The molecule has 1 aromatic rings. The number of piperidine rings is 1. The minimum atomic E-state index is -0.161. The van der Waals surface area contributed by atoms with Crippen LogP contribution in [0, 0.1) is 12.8 Å². The van der Waals surface area contributed by atoms with Gasteiger partial charge in [0.2, 0.25) is 11.8 Å². The van der Waals surface area contributed by atoms with Crippen LogP contribution in [-0.2, 0) is 9.59 Å². The van der Waals surface area contributed by atoms with Gasteiger partial charge in [0.1, 0.15) is 11.9 Å². The quantitative estimate of drug-likeness (QED) is 0.851. The maximum absolute atomic E-state index is 12.6. The summed E-state index contributed by atoms with van der Waals surface area (Å²) in [7, 11) is 0. The molecule has 1 unspecified atom stereocenters. The van der Waals surface area contributed by atoms with Crippen molar-refractivity contribution in [3.8, 4) is 5.75 Å². The monoisotopic (exact) mass is 330 g/mol. The van der Waals surface area contributed by atoms with Crippen molar-refractivity contribution in [2.24, 2.45) is 5.92 Å². The second kappa shape index (κ2) is 7.24. The molecular formula is C19H26N2O3. The Labute approximate surface area is 143 Å². The van der Waals surface area contributed by atoms with Gasteiger partial charge >= 0.3 is 0 Å². The van der Waals surface area contributed by atoms with E-state index >= 15 is 0 Å². The lowest BCUT2D eigenvalue weighted by atomic mass is 10.0. The first-order valence-corrected chi connectivity index (χ1v) is 8.87. The Morgan fingerprint density at radius 3 is 2.58 bits per heavy atom. The van der Waals surface area contributed by atoms with Gasteiger partial charge in [-0.15, -0.1) is 0 Å². The summed E-state index contributed by atoms with van der Waals surface area (Å²) in [6.07, 6.45) is 2.22.